The average molecular weight is 318 g/mol. The standard InChI is InChI=1S/C13H10N4O2S2/c14-8-1-2-10-11(5-8)19-13(16-10)21(18)7-9-6-17-3-4-20-12(17)15-9/h1-6H,7,14H2. The molecule has 1 unspecified atom stereocenters. The van der Waals surface area contributed by atoms with Crippen molar-refractivity contribution in [2.24, 2.45) is 0 Å². The van der Waals surface area contributed by atoms with E-state index >= 15 is 0 Å². The second-order valence-corrected chi connectivity index (χ2v) is 6.72. The van der Waals surface area contributed by atoms with Gasteiger partial charge in [0, 0.05) is 29.5 Å². The molecule has 0 amide bonds. The highest BCUT2D eigenvalue weighted by molar-refractivity contribution is 7.84. The Balaban J connectivity index is 1.64. The molecule has 2 N–H and O–H groups in total. The average Bonchev–Trinajstić information content (AvgIpc) is 3.10. The fourth-order valence-electron chi connectivity index (χ4n) is 2.06. The number of benzene rings is 1. The second-order valence-electron chi connectivity index (χ2n) is 4.52. The predicted octanol–water partition coefficient (Wildman–Crippen LogP) is 2.43. The number of nitrogens with zero attached hydrogens (tertiary/aromatic N) is 3. The van der Waals surface area contributed by atoms with Crippen molar-refractivity contribution in [3.63, 3.8) is 0 Å². The van der Waals surface area contributed by atoms with Crippen LogP contribution in [0.1, 0.15) is 5.69 Å². The maximum atomic E-state index is 12.3. The molecule has 0 radical (unpaired) electrons. The molecule has 0 saturated carbocycles. The molecule has 21 heavy (non-hydrogen) atoms. The van der Waals surface area contributed by atoms with Crippen molar-refractivity contribution in [1.29, 1.82) is 0 Å². The number of rotatable bonds is 3. The van der Waals surface area contributed by atoms with Gasteiger partial charge in [-0.25, -0.2) is 14.2 Å². The van der Waals surface area contributed by atoms with Gasteiger partial charge in [-0.3, -0.25) is 4.40 Å². The summed E-state index contributed by atoms with van der Waals surface area (Å²) in [6.07, 6.45) is 3.78. The molecule has 1 atom stereocenters. The lowest BCUT2D eigenvalue weighted by Crippen LogP contribution is -1.96. The van der Waals surface area contributed by atoms with Gasteiger partial charge in [-0.15, -0.1) is 11.3 Å². The summed E-state index contributed by atoms with van der Waals surface area (Å²) in [6, 6.07) is 5.16. The summed E-state index contributed by atoms with van der Waals surface area (Å²) in [4.78, 5) is 9.52. The molecular weight excluding hydrogens is 308 g/mol. The number of hydrogen-bond acceptors (Lipinski definition) is 6. The van der Waals surface area contributed by atoms with Crippen LogP contribution in [0.2, 0.25) is 0 Å². The Kier molecular flexibility index (Phi) is 2.79. The first kappa shape index (κ1) is 12.5. The normalized spacial score (nSPS) is 13.1. The van der Waals surface area contributed by atoms with Gasteiger partial charge in [0.2, 0.25) is 0 Å². The molecule has 8 heteroatoms. The van der Waals surface area contributed by atoms with Crippen molar-refractivity contribution in [2.75, 3.05) is 5.73 Å². The Bertz CT molecular complexity index is 940. The molecule has 0 saturated heterocycles. The third kappa shape index (κ3) is 2.22. The summed E-state index contributed by atoms with van der Waals surface area (Å²) in [7, 11) is -1.37. The number of thiazole rings is 1. The molecule has 3 aromatic heterocycles. The van der Waals surface area contributed by atoms with Gasteiger partial charge >= 0.3 is 0 Å². The number of imidazole rings is 1. The monoisotopic (exact) mass is 318 g/mol. The molecule has 0 fully saturated rings. The number of nitrogens with two attached hydrogens (primary N) is 1. The van der Waals surface area contributed by atoms with Crippen LogP contribution in [0.15, 0.2) is 45.6 Å². The summed E-state index contributed by atoms with van der Waals surface area (Å²) < 4.78 is 19.8. The van der Waals surface area contributed by atoms with Gasteiger partial charge < -0.3 is 10.2 Å². The molecule has 0 aliphatic rings. The molecule has 3 heterocycles. The van der Waals surface area contributed by atoms with Crippen molar-refractivity contribution >= 4 is 43.9 Å². The molecule has 1 aromatic carbocycles. The van der Waals surface area contributed by atoms with Crippen LogP contribution in [-0.4, -0.2) is 18.6 Å². The van der Waals surface area contributed by atoms with Crippen LogP contribution >= 0.6 is 11.3 Å². The lowest BCUT2D eigenvalue weighted by molar-refractivity contribution is 0.477. The quantitative estimate of drug-likeness (QED) is 0.586. The molecule has 0 aliphatic heterocycles. The Morgan fingerprint density at radius 2 is 2.29 bits per heavy atom. The van der Waals surface area contributed by atoms with E-state index < -0.39 is 10.8 Å². The van der Waals surface area contributed by atoms with Crippen LogP contribution in [0.3, 0.4) is 0 Å². The van der Waals surface area contributed by atoms with Crippen LogP contribution in [0, 0.1) is 0 Å². The van der Waals surface area contributed by atoms with E-state index in [0.29, 0.717) is 16.8 Å². The Labute approximate surface area is 125 Å². The van der Waals surface area contributed by atoms with Crippen LogP contribution < -0.4 is 5.73 Å². The van der Waals surface area contributed by atoms with E-state index in [2.05, 4.69) is 9.97 Å². The van der Waals surface area contributed by atoms with Gasteiger partial charge in [-0.2, -0.15) is 0 Å². The fourth-order valence-corrected chi connectivity index (χ4v) is 3.69. The molecule has 6 nitrogen and oxygen atoms in total. The minimum atomic E-state index is -1.37. The van der Waals surface area contributed by atoms with E-state index in [-0.39, 0.29) is 11.0 Å². The molecule has 4 aromatic rings. The second kappa shape index (κ2) is 4.68. The van der Waals surface area contributed by atoms with E-state index in [1.165, 1.54) is 11.3 Å². The van der Waals surface area contributed by atoms with Crippen LogP contribution in [0.5, 0.6) is 0 Å². The summed E-state index contributed by atoms with van der Waals surface area (Å²) in [5.41, 5.74) is 8.23. The Hall–Kier alpha value is -2.19. The number of oxazole rings is 1. The summed E-state index contributed by atoms with van der Waals surface area (Å²) in [6.45, 7) is 0. The van der Waals surface area contributed by atoms with Crippen molar-refractivity contribution in [1.82, 2.24) is 14.4 Å². The largest absolute Gasteiger partial charge is 0.430 e. The highest BCUT2D eigenvalue weighted by Gasteiger charge is 2.15. The van der Waals surface area contributed by atoms with Crippen molar-refractivity contribution in [2.45, 2.75) is 11.0 Å². The van der Waals surface area contributed by atoms with Crippen molar-refractivity contribution < 1.29 is 8.63 Å². The lowest BCUT2D eigenvalue weighted by atomic mass is 10.3. The SMILES string of the molecule is Nc1ccc2nc(S(=O)Cc3cn4ccsc4n3)oc2c1. The number of fused-ring (bicyclic) bond motifs is 2. The zero-order chi connectivity index (χ0) is 14.4. The first-order valence-corrected chi connectivity index (χ1v) is 8.34. The smallest absolute Gasteiger partial charge is 0.288 e. The van der Waals surface area contributed by atoms with Gasteiger partial charge in [-0.1, -0.05) is 0 Å². The molecule has 106 valence electrons. The minimum absolute atomic E-state index is 0.201. The third-order valence-electron chi connectivity index (χ3n) is 3.01. The number of hydrogen-bond donors (Lipinski definition) is 1. The zero-order valence-corrected chi connectivity index (χ0v) is 12.4. The fraction of sp³-hybridized carbons (Fsp3) is 0.0769. The van der Waals surface area contributed by atoms with Gasteiger partial charge in [-0.05, 0) is 12.1 Å². The summed E-state index contributed by atoms with van der Waals surface area (Å²) >= 11 is 1.54. The number of nitrogen functional groups attached to an aromatic ring is 1. The highest BCUT2D eigenvalue weighted by atomic mass is 32.2. The lowest BCUT2D eigenvalue weighted by Gasteiger charge is -1.92. The van der Waals surface area contributed by atoms with Gasteiger partial charge in [0.25, 0.3) is 5.22 Å². The molecular formula is C13H10N4O2S2. The zero-order valence-electron chi connectivity index (χ0n) is 10.7. The number of anilines is 1. The Morgan fingerprint density at radius 1 is 1.38 bits per heavy atom. The van der Waals surface area contributed by atoms with E-state index in [4.69, 9.17) is 10.2 Å². The van der Waals surface area contributed by atoms with Crippen molar-refractivity contribution in [3.05, 3.63) is 41.7 Å². The van der Waals surface area contributed by atoms with E-state index in [1.807, 2.05) is 22.2 Å². The molecule has 0 aliphatic carbocycles. The van der Waals surface area contributed by atoms with Gasteiger partial charge in [0.15, 0.2) is 10.5 Å². The van der Waals surface area contributed by atoms with Crippen LogP contribution in [0.4, 0.5) is 5.69 Å². The first-order chi connectivity index (χ1) is 10.2. The first-order valence-electron chi connectivity index (χ1n) is 6.14. The van der Waals surface area contributed by atoms with Crippen LogP contribution in [0.25, 0.3) is 16.1 Å². The van der Waals surface area contributed by atoms with E-state index in [9.17, 15) is 4.21 Å². The molecule has 0 spiro atoms. The minimum Gasteiger partial charge on any atom is -0.430 e. The molecule has 0 bridgehead atoms. The predicted molar refractivity (Wildman–Crippen MR) is 81.6 cm³/mol. The Morgan fingerprint density at radius 3 is 3.14 bits per heavy atom. The van der Waals surface area contributed by atoms with Gasteiger partial charge in [0.1, 0.15) is 16.3 Å². The maximum absolute atomic E-state index is 12.3. The maximum Gasteiger partial charge on any atom is 0.288 e. The third-order valence-corrected chi connectivity index (χ3v) is 4.90. The van der Waals surface area contributed by atoms with Crippen molar-refractivity contribution in [3.8, 4) is 0 Å². The summed E-state index contributed by atoms with van der Waals surface area (Å²) in [5.74, 6) is 0.275. The van der Waals surface area contributed by atoms with E-state index in [0.717, 1.165) is 10.7 Å². The molecule has 4 rings (SSSR count). The summed E-state index contributed by atoms with van der Waals surface area (Å²) in [5, 5.41) is 2.15. The highest BCUT2D eigenvalue weighted by Crippen LogP contribution is 2.22. The number of aromatic nitrogens is 3. The topological polar surface area (TPSA) is 86.4 Å². The van der Waals surface area contributed by atoms with Crippen LogP contribution in [-0.2, 0) is 16.6 Å². The van der Waals surface area contributed by atoms with E-state index in [1.54, 1.807) is 18.2 Å². The van der Waals surface area contributed by atoms with Gasteiger partial charge in [0.05, 0.1) is 11.4 Å².